The van der Waals surface area contributed by atoms with E-state index in [-0.39, 0.29) is 28.6 Å². The predicted octanol–water partition coefficient (Wildman–Crippen LogP) is 4.74. The second kappa shape index (κ2) is 5.55. The molecule has 0 aliphatic carbocycles. The number of anilines is 2. The van der Waals surface area contributed by atoms with E-state index in [4.69, 9.17) is 0 Å². The molecule has 3 aromatic carbocycles. The standard InChI is InChI=1S/C18H10F3NO4/c19-11-3-1-10-6-12(4-2-9(10)5-11)22-14-8-16-15(7-13(14)17(23)24)25-18(20,21)26-16/h1-8,22H,(H,23,24). The van der Waals surface area contributed by atoms with Gasteiger partial charge in [-0.15, -0.1) is 8.78 Å². The third kappa shape index (κ3) is 2.85. The molecule has 1 aliphatic heterocycles. The van der Waals surface area contributed by atoms with Crippen LogP contribution >= 0.6 is 0 Å². The number of carboxylic acids is 1. The highest BCUT2D eigenvalue weighted by atomic mass is 19.3. The van der Waals surface area contributed by atoms with Gasteiger partial charge in [0.05, 0.1) is 11.3 Å². The van der Waals surface area contributed by atoms with E-state index in [9.17, 15) is 23.1 Å². The van der Waals surface area contributed by atoms with Crippen molar-refractivity contribution in [3.05, 3.63) is 59.9 Å². The van der Waals surface area contributed by atoms with E-state index < -0.39 is 12.3 Å². The van der Waals surface area contributed by atoms with Crippen LogP contribution in [-0.2, 0) is 0 Å². The van der Waals surface area contributed by atoms with Crippen molar-refractivity contribution in [3.63, 3.8) is 0 Å². The Morgan fingerprint density at radius 3 is 2.35 bits per heavy atom. The van der Waals surface area contributed by atoms with Crippen LogP contribution in [0.2, 0.25) is 0 Å². The molecule has 2 N–H and O–H groups in total. The molecule has 132 valence electrons. The van der Waals surface area contributed by atoms with Crippen LogP contribution < -0.4 is 14.8 Å². The fourth-order valence-electron chi connectivity index (χ4n) is 2.73. The molecule has 0 spiro atoms. The number of hydrogen-bond donors (Lipinski definition) is 2. The summed E-state index contributed by atoms with van der Waals surface area (Å²) in [5, 5.41) is 13.6. The monoisotopic (exact) mass is 361 g/mol. The number of benzene rings is 3. The first-order chi connectivity index (χ1) is 12.3. The van der Waals surface area contributed by atoms with Gasteiger partial charge < -0.3 is 19.9 Å². The molecule has 0 amide bonds. The first-order valence-corrected chi connectivity index (χ1v) is 7.44. The number of halogens is 3. The lowest BCUT2D eigenvalue weighted by Crippen LogP contribution is -2.25. The van der Waals surface area contributed by atoms with Gasteiger partial charge in [-0.05, 0) is 35.0 Å². The van der Waals surface area contributed by atoms with E-state index in [1.807, 2.05) is 0 Å². The Bertz CT molecular complexity index is 1050. The molecule has 0 aromatic heterocycles. The number of alkyl halides is 2. The molecule has 1 aliphatic rings. The smallest absolute Gasteiger partial charge is 0.478 e. The second-order valence-corrected chi connectivity index (χ2v) is 5.65. The Morgan fingerprint density at radius 2 is 1.62 bits per heavy atom. The van der Waals surface area contributed by atoms with Crippen molar-refractivity contribution in [1.82, 2.24) is 0 Å². The van der Waals surface area contributed by atoms with Crippen molar-refractivity contribution in [1.29, 1.82) is 0 Å². The third-order valence-corrected chi connectivity index (χ3v) is 3.85. The summed E-state index contributed by atoms with van der Waals surface area (Å²) in [4.78, 5) is 11.5. The van der Waals surface area contributed by atoms with Crippen LogP contribution in [0.25, 0.3) is 10.8 Å². The van der Waals surface area contributed by atoms with Crippen LogP contribution in [0.3, 0.4) is 0 Å². The van der Waals surface area contributed by atoms with E-state index in [2.05, 4.69) is 14.8 Å². The lowest BCUT2D eigenvalue weighted by molar-refractivity contribution is -0.286. The quantitative estimate of drug-likeness (QED) is 0.705. The van der Waals surface area contributed by atoms with Gasteiger partial charge in [-0.25, -0.2) is 9.18 Å². The van der Waals surface area contributed by atoms with Crippen LogP contribution in [0.1, 0.15) is 10.4 Å². The van der Waals surface area contributed by atoms with Gasteiger partial charge in [0.1, 0.15) is 5.82 Å². The summed E-state index contributed by atoms with van der Waals surface area (Å²) in [6.07, 6.45) is -3.84. The highest BCUT2D eigenvalue weighted by molar-refractivity contribution is 5.97. The van der Waals surface area contributed by atoms with Crippen molar-refractivity contribution in [2.24, 2.45) is 0 Å². The SMILES string of the molecule is O=C(O)c1cc2c(cc1Nc1ccc3cc(F)ccc3c1)OC(F)(F)O2. The van der Waals surface area contributed by atoms with E-state index in [1.54, 1.807) is 24.3 Å². The maximum absolute atomic E-state index is 13.2. The fourth-order valence-corrected chi connectivity index (χ4v) is 2.73. The molecule has 5 nitrogen and oxygen atoms in total. The van der Waals surface area contributed by atoms with Crippen molar-refractivity contribution in [2.75, 3.05) is 5.32 Å². The second-order valence-electron chi connectivity index (χ2n) is 5.65. The summed E-state index contributed by atoms with van der Waals surface area (Å²) < 4.78 is 48.3. The first-order valence-electron chi connectivity index (χ1n) is 7.44. The van der Waals surface area contributed by atoms with E-state index in [1.165, 1.54) is 12.1 Å². The number of hydrogen-bond acceptors (Lipinski definition) is 4. The number of nitrogens with one attached hydrogen (secondary N) is 1. The number of ether oxygens (including phenoxy) is 2. The molecule has 8 heteroatoms. The van der Waals surface area contributed by atoms with Crippen molar-refractivity contribution >= 4 is 28.1 Å². The summed E-state index contributed by atoms with van der Waals surface area (Å²) in [6.45, 7) is 0. The maximum Gasteiger partial charge on any atom is 0.586 e. The van der Waals surface area contributed by atoms with Crippen LogP contribution in [-0.4, -0.2) is 17.4 Å². The van der Waals surface area contributed by atoms with Gasteiger partial charge >= 0.3 is 12.3 Å². The van der Waals surface area contributed by atoms with Gasteiger partial charge in [-0.1, -0.05) is 12.1 Å². The molecular weight excluding hydrogens is 351 g/mol. The van der Waals surface area contributed by atoms with Crippen molar-refractivity contribution in [2.45, 2.75) is 6.29 Å². The Morgan fingerprint density at radius 1 is 0.962 bits per heavy atom. The van der Waals surface area contributed by atoms with Gasteiger partial charge in [-0.2, -0.15) is 0 Å². The number of rotatable bonds is 3. The van der Waals surface area contributed by atoms with Crippen molar-refractivity contribution in [3.8, 4) is 11.5 Å². The lowest BCUT2D eigenvalue weighted by Gasteiger charge is -2.11. The number of carbonyl (C=O) groups is 1. The van der Waals surface area contributed by atoms with Crippen LogP contribution in [0.5, 0.6) is 11.5 Å². The topological polar surface area (TPSA) is 67.8 Å². The van der Waals surface area contributed by atoms with Crippen molar-refractivity contribution < 1.29 is 32.5 Å². The molecule has 3 aromatic rings. The first kappa shape index (κ1) is 16.1. The van der Waals surface area contributed by atoms with Gasteiger partial charge in [0.15, 0.2) is 11.5 Å². The molecular formula is C18H10F3NO4. The number of aromatic carboxylic acids is 1. The van der Waals surface area contributed by atoms with E-state index in [0.29, 0.717) is 11.1 Å². The Balaban J connectivity index is 1.74. The average molecular weight is 361 g/mol. The molecule has 0 fully saturated rings. The zero-order valence-corrected chi connectivity index (χ0v) is 12.9. The number of fused-ring (bicyclic) bond motifs is 2. The molecule has 0 unspecified atom stereocenters. The highest BCUT2D eigenvalue weighted by Gasteiger charge is 2.44. The summed E-state index contributed by atoms with van der Waals surface area (Å²) in [7, 11) is 0. The summed E-state index contributed by atoms with van der Waals surface area (Å²) in [6, 6.07) is 11.3. The predicted molar refractivity (Wildman–Crippen MR) is 86.8 cm³/mol. The molecule has 26 heavy (non-hydrogen) atoms. The van der Waals surface area contributed by atoms with Crippen LogP contribution in [0.4, 0.5) is 24.5 Å². The Kier molecular flexibility index (Phi) is 3.43. The summed E-state index contributed by atoms with van der Waals surface area (Å²) >= 11 is 0. The molecule has 0 bridgehead atoms. The minimum Gasteiger partial charge on any atom is -0.478 e. The number of carboxylic acid groups (broad SMARTS) is 1. The molecule has 0 radical (unpaired) electrons. The van der Waals surface area contributed by atoms with Gasteiger partial charge in [0.25, 0.3) is 0 Å². The fraction of sp³-hybridized carbons (Fsp3) is 0.0556. The summed E-state index contributed by atoms with van der Waals surface area (Å²) in [5.74, 6) is -2.32. The average Bonchev–Trinajstić information content (AvgIpc) is 2.87. The van der Waals surface area contributed by atoms with Gasteiger partial charge in [0, 0.05) is 17.8 Å². The zero-order chi connectivity index (χ0) is 18.5. The minimum atomic E-state index is -3.84. The Labute approximate surface area is 144 Å². The third-order valence-electron chi connectivity index (χ3n) is 3.85. The van der Waals surface area contributed by atoms with Crippen LogP contribution in [0.15, 0.2) is 48.5 Å². The maximum atomic E-state index is 13.2. The zero-order valence-electron chi connectivity index (χ0n) is 12.9. The highest BCUT2D eigenvalue weighted by Crippen LogP contribution is 2.44. The summed E-state index contributed by atoms with van der Waals surface area (Å²) in [5.41, 5.74) is 0.292. The lowest BCUT2D eigenvalue weighted by atomic mass is 10.1. The normalized spacial score (nSPS) is 14.4. The molecule has 4 rings (SSSR count). The molecule has 1 heterocycles. The van der Waals surface area contributed by atoms with Gasteiger partial charge in [-0.3, -0.25) is 0 Å². The molecule has 0 saturated carbocycles. The van der Waals surface area contributed by atoms with E-state index >= 15 is 0 Å². The van der Waals surface area contributed by atoms with Crippen LogP contribution in [0, 0.1) is 5.82 Å². The minimum absolute atomic E-state index is 0.0546. The largest absolute Gasteiger partial charge is 0.586 e. The Hall–Kier alpha value is -3.42. The molecule has 0 atom stereocenters. The van der Waals surface area contributed by atoms with Gasteiger partial charge in [0.2, 0.25) is 0 Å². The molecule has 0 saturated heterocycles. The van der Waals surface area contributed by atoms with E-state index in [0.717, 1.165) is 17.5 Å².